The zero-order valence-electron chi connectivity index (χ0n) is 14.6. The number of nitriles is 1. The highest BCUT2D eigenvalue weighted by atomic mass is 15.2. The first-order chi connectivity index (χ1) is 12.7. The fourth-order valence-electron chi connectivity index (χ4n) is 3.30. The number of benzene rings is 2. The van der Waals surface area contributed by atoms with Gasteiger partial charge in [0.15, 0.2) is 0 Å². The molecule has 0 fully saturated rings. The minimum absolute atomic E-state index is 0.595. The van der Waals surface area contributed by atoms with Gasteiger partial charge in [-0.25, -0.2) is 9.97 Å². The van der Waals surface area contributed by atoms with E-state index >= 15 is 0 Å². The largest absolute Gasteiger partial charge is 0.352 e. The summed E-state index contributed by atoms with van der Waals surface area (Å²) >= 11 is 0. The molecule has 0 saturated heterocycles. The molecule has 1 aliphatic rings. The summed E-state index contributed by atoms with van der Waals surface area (Å²) in [6.45, 7) is 3.67. The van der Waals surface area contributed by atoms with Crippen LogP contribution in [0.25, 0.3) is 0 Å². The lowest BCUT2D eigenvalue weighted by Crippen LogP contribution is -2.31. The van der Waals surface area contributed by atoms with Crippen LogP contribution in [0.4, 0.5) is 17.3 Å². The zero-order valence-corrected chi connectivity index (χ0v) is 14.6. The van der Waals surface area contributed by atoms with Gasteiger partial charge in [0.2, 0.25) is 0 Å². The van der Waals surface area contributed by atoms with E-state index in [0.717, 1.165) is 31.0 Å². The molecule has 0 radical (unpaired) electrons. The smallest absolute Gasteiger partial charge is 0.136 e. The van der Waals surface area contributed by atoms with Gasteiger partial charge >= 0.3 is 0 Å². The Morgan fingerprint density at radius 2 is 1.81 bits per heavy atom. The number of anilines is 3. The molecular weight excluding hydrogens is 322 g/mol. The fraction of sp³-hybridized carbons (Fsp3) is 0.190. The standard InChI is InChI=1S/C21H19N5/c1-15-23-20(25-19-9-5-4-7-17(19)13-22)12-21(24-15)26-11-10-16-6-2-3-8-18(16)14-26/h2-9,12H,10-11,14H2,1H3,(H,23,24,25). The van der Waals surface area contributed by atoms with E-state index in [1.54, 1.807) is 6.07 Å². The number of fused-ring (bicyclic) bond motifs is 1. The number of hydrogen-bond acceptors (Lipinski definition) is 5. The first kappa shape index (κ1) is 16.1. The first-order valence-electron chi connectivity index (χ1n) is 8.66. The second-order valence-corrected chi connectivity index (χ2v) is 6.38. The Bertz CT molecular complexity index is 990. The summed E-state index contributed by atoms with van der Waals surface area (Å²) in [4.78, 5) is 11.4. The predicted molar refractivity (Wildman–Crippen MR) is 102 cm³/mol. The van der Waals surface area contributed by atoms with Gasteiger partial charge in [0, 0.05) is 19.2 Å². The summed E-state index contributed by atoms with van der Waals surface area (Å²) in [5.41, 5.74) is 4.11. The molecule has 1 N–H and O–H groups in total. The molecule has 0 saturated carbocycles. The Kier molecular flexibility index (Phi) is 4.24. The lowest BCUT2D eigenvalue weighted by molar-refractivity contribution is 0.717. The van der Waals surface area contributed by atoms with Crippen LogP contribution in [0.3, 0.4) is 0 Å². The molecule has 3 aromatic rings. The molecule has 5 nitrogen and oxygen atoms in total. The summed E-state index contributed by atoms with van der Waals surface area (Å²) in [7, 11) is 0. The van der Waals surface area contributed by atoms with E-state index in [1.807, 2.05) is 31.2 Å². The third-order valence-electron chi connectivity index (χ3n) is 4.59. The van der Waals surface area contributed by atoms with Gasteiger partial charge in [-0.2, -0.15) is 5.26 Å². The molecule has 0 unspecified atom stereocenters. The SMILES string of the molecule is Cc1nc(Nc2ccccc2C#N)cc(N2CCc3ccccc3C2)n1. The Hall–Kier alpha value is -3.39. The molecule has 0 amide bonds. The molecule has 0 bridgehead atoms. The number of nitrogens with zero attached hydrogens (tertiary/aromatic N) is 4. The summed E-state index contributed by atoms with van der Waals surface area (Å²) in [5, 5.41) is 12.5. The summed E-state index contributed by atoms with van der Waals surface area (Å²) in [5.74, 6) is 2.32. The van der Waals surface area contributed by atoms with Crippen LogP contribution >= 0.6 is 0 Å². The minimum atomic E-state index is 0.595. The van der Waals surface area contributed by atoms with Gasteiger partial charge < -0.3 is 10.2 Å². The van der Waals surface area contributed by atoms with Crippen molar-refractivity contribution in [2.75, 3.05) is 16.8 Å². The molecule has 4 rings (SSSR count). The molecule has 1 aliphatic heterocycles. The Morgan fingerprint density at radius 1 is 1.04 bits per heavy atom. The summed E-state index contributed by atoms with van der Waals surface area (Å²) < 4.78 is 0. The van der Waals surface area contributed by atoms with Crippen molar-refractivity contribution in [3.8, 4) is 6.07 Å². The second kappa shape index (κ2) is 6.85. The Balaban J connectivity index is 1.62. The van der Waals surface area contributed by atoms with Crippen molar-refractivity contribution in [2.24, 2.45) is 0 Å². The zero-order chi connectivity index (χ0) is 17.9. The van der Waals surface area contributed by atoms with Crippen LogP contribution < -0.4 is 10.2 Å². The van der Waals surface area contributed by atoms with Crippen LogP contribution in [0.2, 0.25) is 0 Å². The van der Waals surface area contributed by atoms with Gasteiger partial charge in [0.25, 0.3) is 0 Å². The van der Waals surface area contributed by atoms with Gasteiger partial charge in [0.1, 0.15) is 23.5 Å². The number of para-hydroxylation sites is 1. The maximum Gasteiger partial charge on any atom is 0.136 e. The van der Waals surface area contributed by atoms with E-state index in [-0.39, 0.29) is 0 Å². The quantitative estimate of drug-likeness (QED) is 0.781. The van der Waals surface area contributed by atoms with E-state index in [4.69, 9.17) is 0 Å². The minimum Gasteiger partial charge on any atom is -0.352 e. The lowest BCUT2D eigenvalue weighted by atomic mass is 10.00. The molecule has 0 atom stereocenters. The van der Waals surface area contributed by atoms with E-state index in [9.17, 15) is 5.26 Å². The lowest BCUT2D eigenvalue weighted by Gasteiger charge is -2.30. The Labute approximate surface area is 153 Å². The van der Waals surface area contributed by atoms with Crippen molar-refractivity contribution in [1.82, 2.24) is 9.97 Å². The van der Waals surface area contributed by atoms with Crippen molar-refractivity contribution in [3.63, 3.8) is 0 Å². The van der Waals surface area contributed by atoms with Crippen molar-refractivity contribution < 1.29 is 0 Å². The average molecular weight is 341 g/mol. The van der Waals surface area contributed by atoms with Gasteiger partial charge in [-0.15, -0.1) is 0 Å². The number of aromatic nitrogens is 2. The average Bonchev–Trinajstić information content (AvgIpc) is 2.67. The number of aryl methyl sites for hydroxylation is 1. The molecule has 0 spiro atoms. The normalized spacial score (nSPS) is 13.0. The van der Waals surface area contributed by atoms with E-state index < -0.39 is 0 Å². The number of nitrogens with one attached hydrogen (secondary N) is 1. The summed E-state index contributed by atoms with van der Waals surface area (Å²) in [6.07, 6.45) is 1.01. The van der Waals surface area contributed by atoms with Crippen molar-refractivity contribution in [1.29, 1.82) is 5.26 Å². The molecule has 128 valence electrons. The molecule has 26 heavy (non-hydrogen) atoms. The molecule has 1 aromatic heterocycles. The van der Waals surface area contributed by atoms with Gasteiger partial charge in [-0.05, 0) is 36.6 Å². The van der Waals surface area contributed by atoms with Gasteiger partial charge in [-0.1, -0.05) is 36.4 Å². The molecular formula is C21H19N5. The van der Waals surface area contributed by atoms with Crippen molar-refractivity contribution in [3.05, 3.63) is 77.1 Å². The molecule has 2 aromatic carbocycles. The predicted octanol–water partition coefficient (Wildman–Crippen LogP) is 3.96. The van der Waals surface area contributed by atoms with Crippen LogP contribution in [-0.2, 0) is 13.0 Å². The maximum atomic E-state index is 9.27. The van der Waals surface area contributed by atoms with Crippen LogP contribution in [0.15, 0.2) is 54.6 Å². The van der Waals surface area contributed by atoms with Crippen LogP contribution in [0, 0.1) is 18.3 Å². The third-order valence-corrected chi connectivity index (χ3v) is 4.59. The third kappa shape index (κ3) is 3.22. The fourth-order valence-corrected chi connectivity index (χ4v) is 3.30. The van der Waals surface area contributed by atoms with Crippen LogP contribution in [-0.4, -0.2) is 16.5 Å². The summed E-state index contributed by atoms with van der Waals surface area (Å²) in [6, 6.07) is 20.1. The van der Waals surface area contributed by atoms with Gasteiger partial charge in [0.05, 0.1) is 11.3 Å². The van der Waals surface area contributed by atoms with Crippen molar-refractivity contribution >= 4 is 17.3 Å². The molecule has 2 heterocycles. The van der Waals surface area contributed by atoms with E-state index in [2.05, 4.69) is 50.5 Å². The highest BCUT2D eigenvalue weighted by Crippen LogP contribution is 2.26. The highest BCUT2D eigenvalue weighted by molar-refractivity contribution is 5.66. The van der Waals surface area contributed by atoms with E-state index in [0.29, 0.717) is 17.2 Å². The first-order valence-corrected chi connectivity index (χ1v) is 8.66. The van der Waals surface area contributed by atoms with Crippen LogP contribution in [0.1, 0.15) is 22.5 Å². The number of hydrogen-bond donors (Lipinski definition) is 1. The Morgan fingerprint density at radius 3 is 2.65 bits per heavy atom. The number of rotatable bonds is 3. The van der Waals surface area contributed by atoms with Crippen molar-refractivity contribution in [2.45, 2.75) is 19.9 Å². The van der Waals surface area contributed by atoms with Gasteiger partial charge in [-0.3, -0.25) is 0 Å². The monoisotopic (exact) mass is 341 g/mol. The highest BCUT2D eigenvalue weighted by Gasteiger charge is 2.18. The molecule has 5 heteroatoms. The molecule has 0 aliphatic carbocycles. The van der Waals surface area contributed by atoms with Crippen LogP contribution in [0.5, 0.6) is 0 Å². The maximum absolute atomic E-state index is 9.27. The van der Waals surface area contributed by atoms with E-state index in [1.165, 1.54) is 11.1 Å². The second-order valence-electron chi connectivity index (χ2n) is 6.38. The topological polar surface area (TPSA) is 64.8 Å².